The summed E-state index contributed by atoms with van der Waals surface area (Å²) in [5.74, 6) is 0. The second kappa shape index (κ2) is 18.6. The fourth-order valence-corrected chi connectivity index (χ4v) is 3.41. The standard InChI is InChI=1S/C24H41/c1-2-4-6-8-10-12-14-16-18-20-22-24-23-21-19-17-15-13-11-9-7-5-3-1/h1-5H,6,8-24H2/b3-1-,4-2+,7-5?. The van der Waals surface area contributed by atoms with Gasteiger partial charge >= 0.3 is 0 Å². The van der Waals surface area contributed by atoms with Crippen molar-refractivity contribution in [1.82, 2.24) is 0 Å². The fourth-order valence-electron chi connectivity index (χ4n) is 3.41. The molecule has 24 heavy (non-hydrogen) atoms. The summed E-state index contributed by atoms with van der Waals surface area (Å²) >= 11 is 0. The van der Waals surface area contributed by atoms with Crippen molar-refractivity contribution >= 4 is 0 Å². The maximum Gasteiger partial charge on any atom is -0.0276 e. The van der Waals surface area contributed by atoms with Gasteiger partial charge in [-0.25, -0.2) is 0 Å². The zero-order chi connectivity index (χ0) is 17.0. The van der Waals surface area contributed by atoms with Crippen LogP contribution in [0.2, 0.25) is 0 Å². The van der Waals surface area contributed by atoms with Gasteiger partial charge in [-0.15, -0.1) is 0 Å². The highest BCUT2D eigenvalue weighted by Crippen LogP contribution is 2.14. The van der Waals surface area contributed by atoms with E-state index >= 15 is 0 Å². The molecule has 0 amide bonds. The van der Waals surface area contributed by atoms with Gasteiger partial charge in [0.1, 0.15) is 0 Å². The van der Waals surface area contributed by atoms with E-state index in [-0.39, 0.29) is 0 Å². The van der Waals surface area contributed by atoms with Crippen molar-refractivity contribution in [2.45, 2.75) is 116 Å². The Morgan fingerprint density at radius 3 is 1.42 bits per heavy atom. The Balaban J connectivity index is 2.15. The van der Waals surface area contributed by atoms with E-state index in [1.165, 1.54) is 109 Å². The van der Waals surface area contributed by atoms with Gasteiger partial charge in [0.15, 0.2) is 0 Å². The molecule has 1 radical (unpaired) electrons. The van der Waals surface area contributed by atoms with Crippen LogP contribution in [0.15, 0.2) is 30.4 Å². The monoisotopic (exact) mass is 329 g/mol. The van der Waals surface area contributed by atoms with E-state index in [2.05, 4.69) is 36.5 Å². The van der Waals surface area contributed by atoms with Crippen molar-refractivity contribution in [1.29, 1.82) is 0 Å². The molecule has 0 saturated carbocycles. The van der Waals surface area contributed by atoms with Crippen LogP contribution in [0.1, 0.15) is 116 Å². The average molecular weight is 330 g/mol. The van der Waals surface area contributed by atoms with Gasteiger partial charge in [-0.3, -0.25) is 0 Å². The van der Waals surface area contributed by atoms with Crippen molar-refractivity contribution in [2.75, 3.05) is 0 Å². The van der Waals surface area contributed by atoms with Gasteiger partial charge in [-0.05, 0) is 31.8 Å². The first-order valence-electron chi connectivity index (χ1n) is 10.9. The molecule has 0 unspecified atom stereocenters. The fraction of sp³-hybridized carbons (Fsp3) is 0.750. The summed E-state index contributed by atoms with van der Waals surface area (Å²) < 4.78 is 0. The molecular weight excluding hydrogens is 288 g/mol. The van der Waals surface area contributed by atoms with Gasteiger partial charge in [0.05, 0.1) is 0 Å². The third-order valence-corrected chi connectivity index (χ3v) is 5.01. The third-order valence-electron chi connectivity index (χ3n) is 5.01. The molecule has 0 fully saturated rings. The van der Waals surface area contributed by atoms with E-state index in [9.17, 15) is 0 Å². The molecule has 0 heteroatoms. The molecule has 0 spiro atoms. The predicted octanol–water partition coefficient (Wildman–Crippen LogP) is 8.49. The lowest BCUT2D eigenvalue weighted by Crippen LogP contribution is -1.84. The summed E-state index contributed by atoms with van der Waals surface area (Å²) in [6, 6.07) is 0. The van der Waals surface area contributed by atoms with Gasteiger partial charge in [0.2, 0.25) is 0 Å². The molecule has 0 aromatic heterocycles. The topological polar surface area (TPSA) is 0 Å². The Morgan fingerprint density at radius 2 is 0.875 bits per heavy atom. The largest absolute Gasteiger partial charge is 0.0845 e. The molecule has 0 aliphatic heterocycles. The second-order valence-corrected chi connectivity index (χ2v) is 7.38. The normalized spacial score (nSPS) is 26.0. The molecule has 0 saturated heterocycles. The molecule has 0 nitrogen and oxygen atoms in total. The number of hydrogen-bond acceptors (Lipinski definition) is 0. The molecule has 0 atom stereocenters. The van der Waals surface area contributed by atoms with Crippen molar-refractivity contribution in [3.8, 4) is 0 Å². The summed E-state index contributed by atoms with van der Waals surface area (Å²) in [6.07, 6.45) is 39.5. The molecule has 1 aliphatic rings. The lowest BCUT2D eigenvalue weighted by atomic mass is 10.0. The molecular formula is C24H41. The predicted molar refractivity (Wildman–Crippen MR) is 109 cm³/mol. The first-order chi connectivity index (χ1) is 12.0. The van der Waals surface area contributed by atoms with Crippen molar-refractivity contribution < 1.29 is 0 Å². The van der Waals surface area contributed by atoms with Gasteiger partial charge in [-0.2, -0.15) is 0 Å². The Kier molecular flexibility index (Phi) is 16.4. The Morgan fingerprint density at radius 1 is 0.417 bits per heavy atom. The quantitative estimate of drug-likeness (QED) is 0.418. The van der Waals surface area contributed by atoms with Crippen LogP contribution in [0.5, 0.6) is 0 Å². The second-order valence-electron chi connectivity index (χ2n) is 7.38. The number of rotatable bonds is 0. The zero-order valence-corrected chi connectivity index (χ0v) is 16.1. The lowest BCUT2D eigenvalue weighted by molar-refractivity contribution is 0.528. The number of hydrogen-bond donors (Lipinski definition) is 0. The molecule has 1 aliphatic carbocycles. The molecule has 137 valence electrons. The molecule has 0 heterocycles. The van der Waals surface area contributed by atoms with Gasteiger partial charge in [0, 0.05) is 0 Å². The highest BCUT2D eigenvalue weighted by atomic mass is 14.0. The summed E-state index contributed by atoms with van der Waals surface area (Å²) in [5.41, 5.74) is 0. The van der Waals surface area contributed by atoms with Gasteiger partial charge < -0.3 is 0 Å². The average Bonchev–Trinajstić information content (AvgIpc) is 2.59. The highest BCUT2D eigenvalue weighted by molar-refractivity contribution is 5.09. The van der Waals surface area contributed by atoms with E-state index < -0.39 is 0 Å². The van der Waals surface area contributed by atoms with Crippen LogP contribution >= 0.6 is 0 Å². The van der Waals surface area contributed by atoms with Crippen LogP contribution in [0.3, 0.4) is 0 Å². The maximum atomic E-state index is 3.39. The van der Waals surface area contributed by atoms with E-state index in [0.717, 1.165) is 6.42 Å². The minimum absolute atomic E-state index is 1.12. The van der Waals surface area contributed by atoms with Gasteiger partial charge in [-0.1, -0.05) is 120 Å². The summed E-state index contributed by atoms with van der Waals surface area (Å²) in [7, 11) is 0. The van der Waals surface area contributed by atoms with Crippen LogP contribution in [-0.4, -0.2) is 0 Å². The van der Waals surface area contributed by atoms with Crippen LogP contribution < -0.4 is 0 Å². The Labute approximate surface area is 152 Å². The van der Waals surface area contributed by atoms with Crippen LogP contribution in [0.4, 0.5) is 0 Å². The molecule has 1 rings (SSSR count). The summed E-state index contributed by atoms with van der Waals surface area (Å²) in [4.78, 5) is 0. The van der Waals surface area contributed by atoms with Crippen molar-refractivity contribution in [2.24, 2.45) is 0 Å². The highest BCUT2D eigenvalue weighted by Gasteiger charge is 1.94. The van der Waals surface area contributed by atoms with Crippen LogP contribution in [-0.2, 0) is 0 Å². The first kappa shape index (κ1) is 21.3. The SMILES string of the molecule is [C]1=C/C=C\C=C\CCCCCCCCCCCCCCCCCC/1. The van der Waals surface area contributed by atoms with E-state index in [1.54, 1.807) is 0 Å². The molecule has 0 bridgehead atoms. The van der Waals surface area contributed by atoms with Crippen LogP contribution in [0.25, 0.3) is 0 Å². The molecule has 0 aromatic carbocycles. The minimum Gasteiger partial charge on any atom is -0.0845 e. The van der Waals surface area contributed by atoms with Crippen molar-refractivity contribution in [3.63, 3.8) is 0 Å². The summed E-state index contributed by atoms with van der Waals surface area (Å²) in [5, 5.41) is 0. The molecule has 0 N–H and O–H groups in total. The van der Waals surface area contributed by atoms with Crippen molar-refractivity contribution in [3.05, 3.63) is 36.5 Å². The lowest BCUT2D eigenvalue weighted by Gasteiger charge is -2.03. The Bertz CT molecular complexity index is 289. The van der Waals surface area contributed by atoms with E-state index in [1.807, 2.05) is 0 Å². The minimum atomic E-state index is 1.12. The number of allylic oxidation sites excluding steroid dienone is 6. The Hall–Kier alpha value is -0.780. The smallest absolute Gasteiger partial charge is 0.0276 e. The maximum absolute atomic E-state index is 3.39. The molecule has 0 aromatic rings. The zero-order valence-electron chi connectivity index (χ0n) is 16.1. The van der Waals surface area contributed by atoms with E-state index in [4.69, 9.17) is 0 Å². The van der Waals surface area contributed by atoms with Gasteiger partial charge in [0.25, 0.3) is 0 Å². The van der Waals surface area contributed by atoms with E-state index in [0.29, 0.717) is 0 Å². The van der Waals surface area contributed by atoms with Crippen LogP contribution in [0, 0.1) is 6.08 Å². The third kappa shape index (κ3) is 16.1. The summed E-state index contributed by atoms with van der Waals surface area (Å²) in [6.45, 7) is 0. The first-order valence-corrected chi connectivity index (χ1v) is 10.9.